The second-order valence-electron chi connectivity index (χ2n) is 6.94. The van der Waals surface area contributed by atoms with Gasteiger partial charge in [0.05, 0.1) is 0 Å². The number of rotatable bonds is 1. The number of carbonyl (C=O) groups excluding carboxylic acids is 2. The Balaban J connectivity index is 2.06. The Kier molecular flexibility index (Phi) is 3.31. The summed E-state index contributed by atoms with van der Waals surface area (Å²) in [6.45, 7) is 9.64. The molecule has 1 aliphatic heterocycles. The third-order valence-electron chi connectivity index (χ3n) is 5.51. The topological polar surface area (TPSA) is 52.6 Å². The molecule has 0 amide bonds. The van der Waals surface area contributed by atoms with E-state index in [4.69, 9.17) is 9.47 Å². The number of ether oxygens (including phenoxy) is 2. The van der Waals surface area contributed by atoms with Crippen LogP contribution in [0, 0.1) is 17.3 Å². The van der Waals surface area contributed by atoms with Gasteiger partial charge in [-0.1, -0.05) is 26.8 Å². The van der Waals surface area contributed by atoms with Crippen molar-refractivity contribution in [3.05, 3.63) is 34.6 Å². The van der Waals surface area contributed by atoms with E-state index in [1.165, 1.54) is 12.5 Å². The van der Waals surface area contributed by atoms with Crippen LogP contribution in [0.3, 0.4) is 0 Å². The van der Waals surface area contributed by atoms with Gasteiger partial charge >= 0.3 is 11.9 Å². The predicted molar refractivity (Wildman–Crippen MR) is 81.6 cm³/mol. The van der Waals surface area contributed by atoms with Gasteiger partial charge in [-0.25, -0.2) is 4.79 Å². The SMILES string of the molecule is CC(=O)O[C@H]1[C@H](C)C=C2C=C3OC(=O)C(C)=C3C[C@]2(C)[C@H]1C. The number of carbonyl (C=O) groups is 2. The van der Waals surface area contributed by atoms with Gasteiger partial charge in [0.1, 0.15) is 11.9 Å². The third-order valence-corrected chi connectivity index (χ3v) is 5.51. The van der Waals surface area contributed by atoms with E-state index in [9.17, 15) is 9.59 Å². The Morgan fingerprint density at radius 3 is 2.73 bits per heavy atom. The summed E-state index contributed by atoms with van der Waals surface area (Å²) in [6, 6.07) is 0. The van der Waals surface area contributed by atoms with Crippen molar-refractivity contribution in [2.45, 2.75) is 47.1 Å². The lowest BCUT2D eigenvalue weighted by Gasteiger charge is -2.48. The number of allylic oxidation sites excluding steroid dienone is 3. The van der Waals surface area contributed by atoms with Crippen molar-refractivity contribution in [3.63, 3.8) is 0 Å². The molecule has 4 heteroatoms. The second kappa shape index (κ2) is 4.83. The van der Waals surface area contributed by atoms with Crippen molar-refractivity contribution < 1.29 is 19.1 Å². The lowest BCUT2D eigenvalue weighted by atomic mass is 9.58. The van der Waals surface area contributed by atoms with Crippen molar-refractivity contribution in [1.29, 1.82) is 0 Å². The molecule has 3 rings (SSSR count). The fourth-order valence-electron chi connectivity index (χ4n) is 3.92. The molecular weight excluding hydrogens is 280 g/mol. The van der Waals surface area contributed by atoms with Crippen LogP contribution in [0.1, 0.15) is 41.0 Å². The lowest BCUT2D eigenvalue weighted by Crippen LogP contribution is -2.45. The Morgan fingerprint density at radius 1 is 1.41 bits per heavy atom. The van der Waals surface area contributed by atoms with Crippen LogP contribution < -0.4 is 0 Å². The molecular formula is C18H22O4. The minimum absolute atomic E-state index is 0.139. The minimum atomic E-state index is -0.249. The summed E-state index contributed by atoms with van der Waals surface area (Å²) in [5.74, 6) is 0.506. The average Bonchev–Trinajstić information content (AvgIpc) is 2.69. The Morgan fingerprint density at radius 2 is 2.09 bits per heavy atom. The molecule has 4 atom stereocenters. The van der Waals surface area contributed by atoms with Gasteiger partial charge in [0.2, 0.25) is 0 Å². The van der Waals surface area contributed by atoms with E-state index in [0.29, 0.717) is 11.3 Å². The molecule has 0 saturated heterocycles. The molecule has 0 saturated carbocycles. The number of hydrogen-bond donors (Lipinski definition) is 0. The van der Waals surface area contributed by atoms with E-state index in [2.05, 4.69) is 26.8 Å². The first-order chi connectivity index (χ1) is 10.2. The molecule has 0 aromatic carbocycles. The van der Waals surface area contributed by atoms with Crippen molar-refractivity contribution in [2.75, 3.05) is 0 Å². The molecule has 2 aliphatic carbocycles. The molecule has 0 radical (unpaired) electrons. The molecule has 0 spiro atoms. The highest BCUT2D eigenvalue weighted by Crippen LogP contribution is 2.54. The van der Waals surface area contributed by atoms with E-state index in [1.807, 2.05) is 13.0 Å². The van der Waals surface area contributed by atoms with Gasteiger partial charge in [-0.2, -0.15) is 0 Å². The van der Waals surface area contributed by atoms with Crippen molar-refractivity contribution in [2.24, 2.45) is 17.3 Å². The molecule has 4 nitrogen and oxygen atoms in total. The molecule has 118 valence electrons. The standard InChI is InChI=1S/C18H22O4/c1-9-6-13-7-15-14(10(2)17(20)22-15)8-18(13,5)11(3)16(9)21-12(4)19/h6-7,9,11,16H,8H2,1-5H3/t9-,11+,16+,18-/m1/s1. The largest absolute Gasteiger partial charge is 0.462 e. The zero-order chi connectivity index (χ0) is 16.2. The van der Waals surface area contributed by atoms with Gasteiger partial charge in [0, 0.05) is 35.3 Å². The van der Waals surface area contributed by atoms with Gasteiger partial charge in [0.25, 0.3) is 0 Å². The van der Waals surface area contributed by atoms with Crippen molar-refractivity contribution in [3.8, 4) is 0 Å². The first-order valence-corrected chi connectivity index (χ1v) is 7.77. The maximum Gasteiger partial charge on any atom is 0.339 e. The van der Waals surface area contributed by atoms with Crippen LogP contribution in [0.2, 0.25) is 0 Å². The van der Waals surface area contributed by atoms with E-state index in [0.717, 1.165) is 12.0 Å². The van der Waals surface area contributed by atoms with E-state index in [-0.39, 0.29) is 35.3 Å². The van der Waals surface area contributed by atoms with Crippen LogP contribution in [0.25, 0.3) is 0 Å². The van der Waals surface area contributed by atoms with Gasteiger partial charge in [-0.3, -0.25) is 4.79 Å². The van der Waals surface area contributed by atoms with Gasteiger partial charge in [-0.05, 0) is 25.0 Å². The smallest absolute Gasteiger partial charge is 0.339 e. The van der Waals surface area contributed by atoms with Crippen LogP contribution in [0.15, 0.2) is 34.6 Å². The molecule has 0 fully saturated rings. The maximum atomic E-state index is 11.8. The molecule has 1 heterocycles. The Labute approximate surface area is 130 Å². The zero-order valence-electron chi connectivity index (χ0n) is 13.7. The Hall–Kier alpha value is -1.84. The summed E-state index contributed by atoms with van der Waals surface area (Å²) in [5, 5.41) is 0. The summed E-state index contributed by atoms with van der Waals surface area (Å²) in [5.41, 5.74) is 2.71. The summed E-state index contributed by atoms with van der Waals surface area (Å²) >= 11 is 0. The summed E-state index contributed by atoms with van der Waals surface area (Å²) in [4.78, 5) is 23.2. The lowest BCUT2D eigenvalue weighted by molar-refractivity contribution is -0.154. The van der Waals surface area contributed by atoms with Crippen molar-refractivity contribution in [1.82, 2.24) is 0 Å². The number of esters is 2. The predicted octanol–water partition coefficient (Wildman–Crippen LogP) is 3.30. The molecule has 0 bridgehead atoms. The van der Waals surface area contributed by atoms with Crippen molar-refractivity contribution >= 4 is 11.9 Å². The molecule has 0 aromatic rings. The highest BCUT2D eigenvalue weighted by atomic mass is 16.5. The van der Waals surface area contributed by atoms with Crippen LogP contribution in [-0.4, -0.2) is 18.0 Å². The highest BCUT2D eigenvalue weighted by Gasteiger charge is 2.49. The monoisotopic (exact) mass is 302 g/mol. The van der Waals surface area contributed by atoms with Gasteiger partial charge < -0.3 is 9.47 Å². The van der Waals surface area contributed by atoms with Gasteiger partial charge in [-0.15, -0.1) is 0 Å². The normalized spacial score (nSPS) is 37.0. The van der Waals surface area contributed by atoms with Crippen LogP contribution in [0.4, 0.5) is 0 Å². The summed E-state index contributed by atoms with van der Waals surface area (Å²) in [6.07, 6.45) is 4.75. The fourth-order valence-corrected chi connectivity index (χ4v) is 3.92. The van der Waals surface area contributed by atoms with E-state index < -0.39 is 0 Å². The molecule has 0 N–H and O–H groups in total. The molecule has 22 heavy (non-hydrogen) atoms. The highest BCUT2D eigenvalue weighted by molar-refractivity contribution is 5.94. The Bertz CT molecular complexity index is 652. The second-order valence-corrected chi connectivity index (χ2v) is 6.94. The summed E-state index contributed by atoms with van der Waals surface area (Å²) < 4.78 is 10.9. The van der Waals surface area contributed by atoms with Crippen LogP contribution in [-0.2, 0) is 19.1 Å². The fraction of sp³-hybridized carbons (Fsp3) is 0.556. The molecule has 0 unspecified atom stereocenters. The maximum absolute atomic E-state index is 11.8. The molecule has 3 aliphatic rings. The first-order valence-electron chi connectivity index (χ1n) is 7.77. The number of hydrogen-bond acceptors (Lipinski definition) is 4. The quantitative estimate of drug-likeness (QED) is 0.697. The number of fused-ring (bicyclic) bond motifs is 2. The average molecular weight is 302 g/mol. The first kappa shape index (κ1) is 15.1. The third kappa shape index (κ3) is 2.04. The summed E-state index contributed by atoms with van der Waals surface area (Å²) in [7, 11) is 0. The zero-order valence-corrected chi connectivity index (χ0v) is 13.7. The minimum Gasteiger partial charge on any atom is -0.462 e. The van der Waals surface area contributed by atoms with Crippen LogP contribution in [0.5, 0.6) is 0 Å². The van der Waals surface area contributed by atoms with E-state index >= 15 is 0 Å². The van der Waals surface area contributed by atoms with Crippen LogP contribution >= 0.6 is 0 Å². The molecule has 0 aromatic heterocycles. The van der Waals surface area contributed by atoms with Gasteiger partial charge in [0.15, 0.2) is 0 Å². The van der Waals surface area contributed by atoms with E-state index in [1.54, 1.807) is 0 Å².